The number of fused-ring (bicyclic) bond motifs is 5. The van der Waals surface area contributed by atoms with E-state index in [0.717, 1.165) is 36.3 Å². The van der Waals surface area contributed by atoms with Crippen LogP contribution in [0.1, 0.15) is 37.7 Å². The molecule has 0 spiro atoms. The van der Waals surface area contributed by atoms with Gasteiger partial charge < -0.3 is 5.32 Å². The summed E-state index contributed by atoms with van der Waals surface area (Å²) in [5.41, 5.74) is 1.29. The summed E-state index contributed by atoms with van der Waals surface area (Å²) in [4.78, 5) is 0. The Balaban J connectivity index is 1.41. The molecule has 4 rings (SSSR count). The molecule has 0 amide bonds. The summed E-state index contributed by atoms with van der Waals surface area (Å²) in [5, 5.41) is 10.7. The molecule has 0 radical (unpaired) electrons. The third-order valence-electron chi connectivity index (χ3n) is 5.55. The summed E-state index contributed by atoms with van der Waals surface area (Å²) >= 11 is 0. The molecule has 3 aliphatic rings. The van der Waals surface area contributed by atoms with Crippen LogP contribution in [0.3, 0.4) is 0 Å². The van der Waals surface area contributed by atoms with E-state index in [0.29, 0.717) is 0 Å². The van der Waals surface area contributed by atoms with Gasteiger partial charge in [-0.15, -0.1) is 0 Å². The Morgan fingerprint density at radius 3 is 3.06 bits per heavy atom. The van der Waals surface area contributed by atoms with Crippen molar-refractivity contribution in [1.29, 1.82) is 0 Å². The molecule has 3 fully saturated rings. The number of H-pyrrole nitrogens is 1. The van der Waals surface area contributed by atoms with Crippen LogP contribution in [0.25, 0.3) is 0 Å². The fourth-order valence-corrected chi connectivity index (χ4v) is 4.93. The minimum Gasteiger partial charge on any atom is -0.310 e. The summed E-state index contributed by atoms with van der Waals surface area (Å²) in [7, 11) is 0. The first-order valence-corrected chi connectivity index (χ1v) is 7.13. The highest BCUT2D eigenvalue weighted by molar-refractivity contribution is 5.07. The standard InChI is InChI=1S/C14H21N3/c1-2-11-10-4-13(12(11)3-1)14(5-10)15-6-9-7-16-17-8-9/h7-8,10-15H,1-6H2,(H,16,17). The van der Waals surface area contributed by atoms with Crippen molar-refractivity contribution in [3.63, 3.8) is 0 Å². The van der Waals surface area contributed by atoms with Crippen LogP contribution in [0.15, 0.2) is 12.4 Å². The molecule has 0 saturated heterocycles. The zero-order valence-corrected chi connectivity index (χ0v) is 10.2. The highest BCUT2D eigenvalue weighted by Crippen LogP contribution is 2.58. The van der Waals surface area contributed by atoms with Gasteiger partial charge in [-0.1, -0.05) is 6.42 Å². The van der Waals surface area contributed by atoms with Crippen molar-refractivity contribution in [2.24, 2.45) is 23.7 Å². The van der Waals surface area contributed by atoms with Crippen LogP contribution in [0, 0.1) is 23.7 Å². The van der Waals surface area contributed by atoms with Gasteiger partial charge in [-0.3, -0.25) is 5.10 Å². The largest absolute Gasteiger partial charge is 0.310 e. The van der Waals surface area contributed by atoms with Crippen molar-refractivity contribution >= 4 is 0 Å². The van der Waals surface area contributed by atoms with Gasteiger partial charge in [-0.25, -0.2) is 0 Å². The first-order chi connectivity index (χ1) is 8.42. The molecule has 3 aliphatic carbocycles. The lowest BCUT2D eigenvalue weighted by Gasteiger charge is -2.32. The van der Waals surface area contributed by atoms with E-state index in [1.165, 1.54) is 37.7 Å². The van der Waals surface area contributed by atoms with E-state index in [9.17, 15) is 0 Å². The Morgan fingerprint density at radius 2 is 2.18 bits per heavy atom. The van der Waals surface area contributed by atoms with Crippen molar-refractivity contribution in [2.45, 2.75) is 44.7 Å². The molecular formula is C14H21N3. The fraction of sp³-hybridized carbons (Fsp3) is 0.786. The minimum atomic E-state index is 0.786. The zero-order valence-electron chi connectivity index (χ0n) is 10.2. The van der Waals surface area contributed by atoms with E-state index in [1.54, 1.807) is 0 Å². The third-order valence-corrected chi connectivity index (χ3v) is 5.55. The van der Waals surface area contributed by atoms with Gasteiger partial charge in [0.05, 0.1) is 6.20 Å². The van der Waals surface area contributed by atoms with Crippen molar-refractivity contribution < 1.29 is 0 Å². The van der Waals surface area contributed by atoms with Crippen molar-refractivity contribution in [1.82, 2.24) is 15.5 Å². The summed E-state index contributed by atoms with van der Waals surface area (Å²) in [6.45, 7) is 0.988. The lowest BCUT2D eigenvalue weighted by atomic mass is 9.79. The minimum absolute atomic E-state index is 0.786. The highest BCUT2D eigenvalue weighted by atomic mass is 15.1. The summed E-state index contributed by atoms with van der Waals surface area (Å²) in [5.74, 6) is 4.20. The molecule has 3 saturated carbocycles. The molecule has 3 heteroatoms. The Kier molecular flexibility index (Phi) is 2.29. The maximum atomic E-state index is 4.00. The van der Waals surface area contributed by atoms with Crippen LogP contribution in [0.4, 0.5) is 0 Å². The van der Waals surface area contributed by atoms with E-state index in [1.807, 2.05) is 12.4 Å². The predicted molar refractivity (Wildman–Crippen MR) is 66.3 cm³/mol. The van der Waals surface area contributed by atoms with Gasteiger partial charge in [-0.05, 0) is 49.4 Å². The molecule has 92 valence electrons. The molecule has 3 nitrogen and oxygen atoms in total. The van der Waals surface area contributed by atoms with Gasteiger partial charge >= 0.3 is 0 Å². The molecule has 2 N–H and O–H groups in total. The normalized spacial score (nSPS) is 43.2. The van der Waals surface area contributed by atoms with Crippen LogP contribution < -0.4 is 5.32 Å². The fourth-order valence-electron chi connectivity index (χ4n) is 4.93. The molecule has 1 aromatic heterocycles. The van der Waals surface area contributed by atoms with Crippen LogP contribution in [0.5, 0.6) is 0 Å². The maximum Gasteiger partial charge on any atom is 0.0532 e. The van der Waals surface area contributed by atoms with Gasteiger partial charge in [-0.2, -0.15) is 5.10 Å². The van der Waals surface area contributed by atoms with Gasteiger partial charge in [0.2, 0.25) is 0 Å². The quantitative estimate of drug-likeness (QED) is 0.838. The molecule has 0 aromatic carbocycles. The van der Waals surface area contributed by atoms with Gasteiger partial charge in [0.25, 0.3) is 0 Å². The molecule has 17 heavy (non-hydrogen) atoms. The number of hydrogen-bond acceptors (Lipinski definition) is 2. The average Bonchev–Trinajstić information content (AvgIpc) is 3.08. The Bertz CT molecular complexity index is 386. The van der Waals surface area contributed by atoms with E-state index in [4.69, 9.17) is 0 Å². The van der Waals surface area contributed by atoms with E-state index < -0.39 is 0 Å². The van der Waals surface area contributed by atoms with Gasteiger partial charge in [0.15, 0.2) is 0 Å². The molecule has 2 bridgehead atoms. The summed E-state index contributed by atoms with van der Waals surface area (Å²) < 4.78 is 0. The zero-order chi connectivity index (χ0) is 11.2. The number of nitrogens with zero attached hydrogens (tertiary/aromatic N) is 1. The van der Waals surface area contributed by atoms with Gasteiger partial charge in [0.1, 0.15) is 0 Å². The third kappa shape index (κ3) is 1.55. The Morgan fingerprint density at radius 1 is 1.24 bits per heavy atom. The SMILES string of the molecule is c1n[nH]cc1CNC1CC2CC1C1CCCC21. The molecule has 5 unspecified atom stereocenters. The average molecular weight is 231 g/mol. The number of hydrogen-bond donors (Lipinski definition) is 2. The highest BCUT2D eigenvalue weighted by Gasteiger charge is 2.53. The van der Waals surface area contributed by atoms with Crippen LogP contribution in [-0.2, 0) is 6.54 Å². The van der Waals surface area contributed by atoms with E-state index in [2.05, 4.69) is 15.5 Å². The Hall–Kier alpha value is -0.830. The van der Waals surface area contributed by atoms with Crippen LogP contribution in [0.2, 0.25) is 0 Å². The van der Waals surface area contributed by atoms with Gasteiger partial charge in [0, 0.05) is 24.3 Å². The van der Waals surface area contributed by atoms with Crippen LogP contribution in [-0.4, -0.2) is 16.2 Å². The van der Waals surface area contributed by atoms with Crippen LogP contribution >= 0.6 is 0 Å². The summed E-state index contributed by atoms with van der Waals surface area (Å²) in [6, 6.07) is 0.786. The molecular weight excluding hydrogens is 210 g/mol. The number of aromatic amines is 1. The molecule has 5 atom stereocenters. The predicted octanol–water partition coefficient (Wildman–Crippen LogP) is 2.32. The summed E-state index contributed by atoms with van der Waals surface area (Å²) in [6.07, 6.45) is 11.4. The smallest absolute Gasteiger partial charge is 0.0532 e. The molecule has 0 aliphatic heterocycles. The first kappa shape index (κ1) is 10.1. The molecule has 1 heterocycles. The monoisotopic (exact) mass is 231 g/mol. The lowest BCUT2D eigenvalue weighted by molar-refractivity contribution is 0.208. The van der Waals surface area contributed by atoms with E-state index >= 15 is 0 Å². The second kappa shape index (κ2) is 3.84. The van der Waals surface area contributed by atoms with Crippen molar-refractivity contribution in [3.8, 4) is 0 Å². The molecule has 1 aromatic rings. The number of rotatable bonds is 3. The lowest BCUT2D eigenvalue weighted by Crippen LogP contribution is -2.38. The van der Waals surface area contributed by atoms with Crippen molar-refractivity contribution in [2.75, 3.05) is 0 Å². The first-order valence-electron chi connectivity index (χ1n) is 7.13. The second-order valence-electron chi connectivity index (χ2n) is 6.25. The van der Waals surface area contributed by atoms with E-state index in [-0.39, 0.29) is 0 Å². The number of aromatic nitrogens is 2. The van der Waals surface area contributed by atoms with Crippen molar-refractivity contribution in [3.05, 3.63) is 18.0 Å². The number of nitrogens with one attached hydrogen (secondary N) is 2. The second-order valence-corrected chi connectivity index (χ2v) is 6.25. The maximum absolute atomic E-state index is 4.00. The topological polar surface area (TPSA) is 40.7 Å². The Labute approximate surface area is 102 Å².